The molecule has 0 radical (unpaired) electrons. The summed E-state index contributed by atoms with van der Waals surface area (Å²) in [6, 6.07) is 11.4. The Morgan fingerprint density at radius 1 is 1.17 bits per heavy atom. The fraction of sp³-hybridized carbons (Fsp3) is 0.143. The van der Waals surface area contributed by atoms with Gasteiger partial charge >= 0.3 is 0 Å². The molecule has 0 bridgehead atoms. The number of anilines is 1. The Hall–Kier alpha value is -2.23. The second-order valence-corrected chi connectivity index (χ2v) is 3.82. The third-order valence-electron chi connectivity index (χ3n) is 2.50. The lowest BCUT2D eigenvalue weighted by molar-refractivity contribution is 0.304. The number of rotatable bonds is 4. The van der Waals surface area contributed by atoms with Gasteiger partial charge in [0, 0.05) is 6.07 Å². The molecule has 0 saturated carbocycles. The van der Waals surface area contributed by atoms with E-state index in [1.165, 1.54) is 12.1 Å². The summed E-state index contributed by atoms with van der Waals surface area (Å²) in [5, 5.41) is 0. The first-order valence-electron chi connectivity index (χ1n) is 5.50. The van der Waals surface area contributed by atoms with Gasteiger partial charge in [0.05, 0.1) is 12.8 Å². The molecule has 0 atom stereocenters. The Morgan fingerprint density at radius 2 is 2.00 bits per heavy atom. The molecule has 0 aliphatic heterocycles. The lowest BCUT2D eigenvalue weighted by atomic mass is 10.2. The van der Waals surface area contributed by atoms with Crippen molar-refractivity contribution in [3.8, 4) is 11.5 Å². The predicted molar refractivity (Wildman–Crippen MR) is 68.1 cm³/mol. The first-order chi connectivity index (χ1) is 8.69. The summed E-state index contributed by atoms with van der Waals surface area (Å²) < 4.78 is 23.5. The second-order valence-electron chi connectivity index (χ2n) is 3.82. The predicted octanol–water partition coefficient (Wildman–Crippen LogP) is 3.00. The van der Waals surface area contributed by atoms with Crippen LogP contribution in [0.25, 0.3) is 0 Å². The number of halogens is 1. The molecule has 0 saturated heterocycles. The van der Waals surface area contributed by atoms with Crippen molar-refractivity contribution in [1.29, 1.82) is 0 Å². The van der Waals surface area contributed by atoms with Crippen LogP contribution in [-0.4, -0.2) is 7.11 Å². The molecule has 0 amide bonds. The maximum Gasteiger partial charge on any atom is 0.141 e. The topological polar surface area (TPSA) is 44.5 Å². The molecule has 94 valence electrons. The Kier molecular flexibility index (Phi) is 3.67. The largest absolute Gasteiger partial charge is 0.495 e. The number of nitrogen functional groups attached to an aromatic ring is 1. The normalized spacial score (nSPS) is 10.1. The molecule has 18 heavy (non-hydrogen) atoms. The molecule has 3 nitrogen and oxygen atoms in total. The third-order valence-corrected chi connectivity index (χ3v) is 2.50. The van der Waals surface area contributed by atoms with Crippen molar-refractivity contribution in [3.63, 3.8) is 0 Å². The van der Waals surface area contributed by atoms with Crippen molar-refractivity contribution >= 4 is 5.69 Å². The zero-order chi connectivity index (χ0) is 13.0. The Bertz CT molecular complexity index is 543. The van der Waals surface area contributed by atoms with Crippen molar-refractivity contribution in [2.24, 2.45) is 0 Å². The van der Waals surface area contributed by atoms with Crippen LogP contribution in [0.15, 0.2) is 42.5 Å². The standard InChI is InChI=1S/C14H14FNO2/c1-17-14-6-5-10(7-13(14)16)9-18-12-4-2-3-11(15)8-12/h2-8H,9,16H2,1H3. The van der Waals surface area contributed by atoms with Crippen LogP contribution in [-0.2, 0) is 6.61 Å². The second kappa shape index (κ2) is 5.40. The monoisotopic (exact) mass is 247 g/mol. The van der Waals surface area contributed by atoms with Crippen LogP contribution in [0.3, 0.4) is 0 Å². The van der Waals surface area contributed by atoms with E-state index < -0.39 is 0 Å². The van der Waals surface area contributed by atoms with Crippen LogP contribution in [0.1, 0.15) is 5.56 Å². The molecule has 2 aromatic carbocycles. The van der Waals surface area contributed by atoms with Crippen molar-refractivity contribution in [2.75, 3.05) is 12.8 Å². The molecule has 0 aliphatic carbocycles. The zero-order valence-electron chi connectivity index (χ0n) is 10.0. The summed E-state index contributed by atoms with van der Waals surface area (Å²) in [7, 11) is 1.56. The van der Waals surface area contributed by atoms with E-state index in [4.69, 9.17) is 15.2 Å². The minimum absolute atomic E-state index is 0.318. The van der Waals surface area contributed by atoms with Crippen molar-refractivity contribution < 1.29 is 13.9 Å². The highest BCUT2D eigenvalue weighted by molar-refractivity contribution is 5.54. The van der Waals surface area contributed by atoms with E-state index in [-0.39, 0.29) is 5.82 Å². The lowest BCUT2D eigenvalue weighted by Crippen LogP contribution is -1.98. The summed E-state index contributed by atoms with van der Waals surface area (Å²) >= 11 is 0. The molecular formula is C14H14FNO2. The molecule has 0 fully saturated rings. The van der Waals surface area contributed by atoms with E-state index in [0.717, 1.165) is 5.56 Å². The van der Waals surface area contributed by atoms with E-state index in [9.17, 15) is 4.39 Å². The molecular weight excluding hydrogens is 233 g/mol. The summed E-state index contributed by atoms with van der Waals surface area (Å²) in [4.78, 5) is 0. The molecule has 4 heteroatoms. The summed E-state index contributed by atoms with van der Waals surface area (Å²) in [5.41, 5.74) is 7.24. The fourth-order valence-electron chi connectivity index (χ4n) is 1.60. The number of ether oxygens (including phenoxy) is 2. The molecule has 2 rings (SSSR count). The average Bonchev–Trinajstić information content (AvgIpc) is 2.37. The van der Waals surface area contributed by atoms with Gasteiger partial charge in [-0.2, -0.15) is 0 Å². The summed E-state index contributed by atoms with van der Waals surface area (Å²) in [6.45, 7) is 0.331. The van der Waals surface area contributed by atoms with Crippen LogP contribution in [0.4, 0.5) is 10.1 Å². The highest BCUT2D eigenvalue weighted by Gasteiger charge is 2.02. The Morgan fingerprint density at radius 3 is 2.67 bits per heavy atom. The van der Waals surface area contributed by atoms with Crippen LogP contribution in [0.5, 0.6) is 11.5 Å². The van der Waals surface area contributed by atoms with Crippen molar-refractivity contribution in [1.82, 2.24) is 0 Å². The van der Waals surface area contributed by atoms with E-state index in [0.29, 0.717) is 23.8 Å². The zero-order valence-corrected chi connectivity index (χ0v) is 10.0. The van der Waals surface area contributed by atoms with Gasteiger partial charge < -0.3 is 15.2 Å². The smallest absolute Gasteiger partial charge is 0.141 e. The minimum atomic E-state index is -0.318. The number of hydrogen-bond acceptors (Lipinski definition) is 3. The van der Waals surface area contributed by atoms with Gasteiger partial charge in [-0.25, -0.2) is 4.39 Å². The van der Waals surface area contributed by atoms with E-state index in [1.54, 1.807) is 31.4 Å². The molecule has 2 aromatic rings. The minimum Gasteiger partial charge on any atom is -0.495 e. The number of methoxy groups -OCH3 is 1. The van der Waals surface area contributed by atoms with E-state index in [2.05, 4.69) is 0 Å². The first-order valence-corrected chi connectivity index (χ1v) is 5.50. The summed E-state index contributed by atoms with van der Waals surface area (Å²) in [5.74, 6) is 0.802. The molecule has 0 aliphatic rings. The van der Waals surface area contributed by atoms with E-state index in [1.807, 2.05) is 6.07 Å². The van der Waals surface area contributed by atoms with Gasteiger partial charge in [0.1, 0.15) is 23.9 Å². The van der Waals surface area contributed by atoms with Gasteiger partial charge in [0.2, 0.25) is 0 Å². The van der Waals surface area contributed by atoms with Gasteiger partial charge in [-0.15, -0.1) is 0 Å². The van der Waals surface area contributed by atoms with Crippen LogP contribution in [0.2, 0.25) is 0 Å². The molecule has 0 aromatic heterocycles. The maximum absolute atomic E-state index is 12.9. The molecule has 0 spiro atoms. The molecule has 2 N–H and O–H groups in total. The summed E-state index contributed by atoms with van der Waals surface area (Å²) in [6.07, 6.45) is 0. The molecule has 0 unspecified atom stereocenters. The Labute approximate surface area is 105 Å². The highest BCUT2D eigenvalue weighted by atomic mass is 19.1. The quantitative estimate of drug-likeness (QED) is 0.845. The number of hydrogen-bond donors (Lipinski definition) is 1. The van der Waals surface area contributed by atoms with Gasteiger partial charge in [0.15, 0.2) is 0 Å². The lowest BCUT2D eigenvalue weighted by Gasteiger charge is -2.09. The van der Waals surface area contributed by atoms with Crippen LogP contribution in [0, 0.1) is 5.82 Å². The molecule has 0 heterocycles. The fourth-order valence-corrected chi connectivity index (χ4v) is 1.60. The van der Waals surface area contributed by atoms with Gasteiger partial charge in [-0.3, -0.25) is 0 Å². The SMILES string of the molecule is COc1ccc(COc2cccc(F)c2)cc1N. The van der Waals surface area contributed by atoms with Gasteiger partial charge in [-0.1, -0.05) is 12.1 Å². The van der Waals surface area contributed by atoms with Gasteiger partial charge in [0.25, 0.3) is 0 Å². The van der Waals surface area contributed by atoms with Crippen molar-refractivity contribution in [2.45, 2.75) is 6.61 Å². The highest BCUT2D eigenvalue weighted by Crippen LogP contribution is 2.23. The Balaban J connectivity index is 2.04. The first kappa shape index (κ1) is 12.2. The number of nitrogens with two attached hydrogens (primary N) is 1. The van der Waals surface area contributed by atoms with Crippen molar-refractivity contribution in [3.05, 3.63) is 53.8 Å². The number of benzene rings is 2. The average molecular weight is 247 g/mol. The van der Waals surface area contributed by atoms with Gasteiger partial charge in [-0.05, 0) is 29.8 Å². The van der Waals surface area contributed by atoms with E-state index >= 15 is 0 Å². The maximum atomic E-state index is 12.9. The van der Waals surface area contributed by atoms with Crippen LogP contribution >= 0.6 is 0 Å². The van der Waals surface area contributed by atoms with Crippen LogP contribution < -0.4 is 15.2 Å². The third kappa shape index (κ3) is 2.91.